The highest BCUT2D eigenvalue weighted by atomic mass is 127. The standard InChI is InChI=1S/C13H22BrN3.HI/c1-11(14)10-17-13(15-2)16-9-8-12-6-4-3-5-7-12;/h6H,1,3-5,7-10H2,2H3,(H2,15,16,17);1H. The highest BCUT2D eigenvalue weighted by molar-refractivity contribution is 14.0. The van der Waals surface area contributed by atoms with Crippen molar-refractivity contribution < 1.29 is 0 Å². The second-order valence-electron chi connectivity index (χ2n) is 4.23. The molecule has 0 fully saturated rings. The molecule has 0 aromatic rings. The number of allylic oxidation sites excluding steroid dienone is 1. The van der Waals surface area contributed by atoms with Gasteiger partial charge < -0.3 is 10.6 Å². The van der Waals surface area contributed by atoms with Gasteiger partial charge in [0, 0.05) is 24.6 Å². The first-order valence-electron chi connectivity index (χ1n) is 6.18. The van der Waals surface area contributed by atoms with Gasteiger partial charge in [0.25, 0.3) is 0 Å². The van der Waals surface area contributed by atoms with Crippen LogP contribution in [0.25, 0.3) is 0 Å². The van der Waals surface area contributed by atoms with Crippen molar-refractivity contribution in [3.63, 3.8) is 0 Å². The first kappa shape index (κ1) is 18.0. The van der Waals surface area contributed by atoms with Gasteiger partial charge in [-0.25, -0.2) is 0 Å². The number of guanidine groups is 1. The van der Waals surface area contributed by atoms with Gasteiger partial charge in [-0.15, -0.1) is 24.0 Å². The third kappa shape index (κ3) is 8.13. The van der Waals surface area contributed by atoms with Crippen molar-refractivity contribution in [1.29, 1.82) is 0 Å². The summed E-state index contributed by atoms with van der Waals surface area (Å²) in [4.78, 5) is 4.16. The second kappa shape index (κ2) is 10.8. The molecule has 0 bridgehead atoms. The molecule has 0 aromatic heterocycles. The number of hydrogen-bond acceptors (Lipinski definition) is 1. The first-order chi connectivity index (χ1) is 8.22. The van der Waals surface area contributed by atoms with Crippen LogP contribution in [0.1, 0.15) is 32.1 Å². The van der Waals surface area contributed by atoms with Gasteiger partial charge in [-0.05, 0) is 32.1 Å². The van der Waals surface area contributed by atoms with Crippen LogP contribution >= 0.6 is 39.9 Å². The lowest BCUT2D eigenvalue weighted by atomic mass is 9.97. The van der Waals surface area contributed by atoms with E-state index in [4.69, 9.17) is 0 Å². The van der Waals surface area contributed by atoms with E-state index in [9.17, 15) is 0 Å². The molecule has 0 amide bonds. The molecule has 0 aliphatic heterocycles. The molecule has 0 saturated heterocycles. The molecule has 0 spiro atoms. The number of halogens is 2. The molecule has 1 aliphatic rings. The van der Waals surface area contributed by atoms with Crippen molar-refractivity contribution in [2.75, 3.05) is 20.1 Å². The Balaban J connectivity index is 0.00000289. The van der Waals surface area contributed by atoms with Crippen molar-refractivity contribution in [2.24, 2.45) is 4.99 Å². The smallest absolute Gasteiger partial charge is 0.191 e. The van der Waals surface area contributed by atoms with Crippen molar-refractivity contribution in [1.82, 2.24) is 10.6 Å². The molecule has 5 heteroatoms. The topological polar surface area (TPSA) is 36.4 Å². The summed E-state index contributed by atoms with van der Waals surface area (Å²) >= 11 is 3.31. The molecule has 0 unspecified atom stereocenters. The molecule has 2 N–H and O–H groups in total. The summed E-state index contributed by atoms with van der Waals surface area (Å²) in [5.74, 6) is 0.835. The van der Waals surface area contributed by atoms with E-state index in [1.165, 1.54) is 25.7 Å². The monoisotopic (exact) mass is 427 g/mol. The Labute approximate surface area is 136 Å². The lowest BCUT2D eigenvalue weighted by molar-refractivity contribution is 0.666. The van der Waals surface area contributed by atoms with E-state index >= 15 is 0 Å². The maximum absolute atomic E-state index is 4.16. The number of hydrogen-bond donors (Lipinski definition) is 2. The van der Waals surface area contributed by atoms with Crippen molar-refractivity contribution in [3.8, 4) is 0 Å². The lowest BCUT2D eigenvalue weighted by Gasteiger charge is -2.15. The largest absolute Gasteiger partial charge is 0.356 e. The zero-order valence-electron chi connectivity index (χ0n) is 11.0. The number of rotatable bonds is 5. The normalized spacial score (nSPS) is 15.4. The Morgan fingerprint density at radius 3 is 2.78 bits per heavy atom. The average Bonchev–Trinajstić information content (AvgIpc) is 2.34. The number of nitrogens with zero attached hydrogens (tertiary/aromatic N) is 1. The molecule has 1 aliphatic carbocycles. The predicted molar refractivity (Wildman–Crippen MR) is 94.0 cm³/mol. The predicted octanol–water partition coefficient (Wildman–Crippen LogP) is 3.57. The van der Waals surface area contributed by atoms with Crippen LogP contribution in [0.15, 0.2) is 27.7 Å². The Kier molecular flexibility index (Phi) is 10.8. The van der Waals surface area contributed by atoms with Gasteiger partial charge in [0.2, 0.25) is 0 Å². The molecule has 0 heterocycles. The zero-order chi connectivity index (χ0) is 12.5. The maximum Gasteiger partial charge on any atom is 0.191 e. The van der Waals surface area contributed by atoms with Crippen molar-refractivity contribution in [3.05, 3.63) is 22.7 Å². The number of nitrogens with one attached hydrogen (secondary N) is 2. The van der Waals surface area contributed by atoms with E-state index in [2.05, 4.69) is 44.2 Å². The van der Waals surface area contributed by atoms with Gasteiger partial charge in [-0.1, -0.05) is 34.2 Å². The van der Waals surface area contributed by atoms with E-state index in [0.717, 1.165) is 23.4 Å². The maximum atomic E-state index is 4.16. The molecule has 104 valence electrons. The first-order valence-corrected chi connectivity index (χ1v) is 6.97. The van der Waals surface area contributed by atoms with Crippen LogP contribution in [0.5, 0.6) is 0 Å². The molecule has 0 aromatic carbocycles. The third-order valence-electron chi connectivity index (χ3n) is 2.79. The molecular formula is C13H23BrIN3. The minimum absolute atomic E-state index is 0. The fourth-order valence-electron chi connectivity index (χ4n) is 1.87. The molecule has 3 nitrogen and oxygen atoms in total. The molecular weight excluding hydrogens is 405 g/mol. The van der Waals surface area contributed by atoms with Gasteiger partial charge >= 0.3 is 0 Å². The summed E-state index contributed by atoms with van der Waals surface area (Å²) < 4.78 is 0.926. The number of aliphatic imine (C=N–C) groups is 1. The molecule has 0 saturated carbocycles. The molecule has 1 rings (SSSR count). The minimum Gasteiger partial charge on any atom is -0.356 e. The summed E-state index contributed by atoms with van der Waals surface area (Å²) in [5.41, 5.74) is 1.59. The zero-order valence-corrected chi connectivity index (χ0v) is 14.9. The van der Waals surface area contributed by atoms with Gasteiger partial charge in [-0.2, -0.15) is 0 Å². The van der Waals surface area contributed by atoms with E-state index in [-0.39, 0.29) is 24.0 Å². The van der Waals surface area contributed by atoms with Crippen LogP contribution in [-0.2, 0) is 0 Å². The fraction of sp³-hybridized carbons (Fsp3) is 0.615. The Morgan fingerprint density at radius 1 is 1.44 bits per heavy atom. The molecule has 18 heavy (non-hydrogen) atoms. The van der Waals surface area contributed by atoms with Gasteiger partial charge in [0.1, 0.15) is 0 Å². The Bertz CT molecular complexity index is 313. The van der Waals surface area contributed by atoms with Gasteiger partial charge in [-0.3, -0.25) is 4.99 Å². The van der Waals surface area contributed by atoms with Gasteiger partial charge in [0.15, 0.2) is 5.96 Å². The highest BCUT2D eigenvalue weighted by Gasteiger charge is 2.03. The summed E-state index contributed by atoms with van der Waals surface area (Å²) in [6.07, 6.45) is 8.74. The highest BCUT2D eigenvalue weighted by Crippen LogP contribution is 2.19. The van der Waals surface area contributed by atoms with Crippen LogP contribution < -0.4 is 10.6 Å². The van der Waals surface area contributed by atoms with E-state index < -0.39 is 0 Å². The van der Waals surface area contributed by atoms with Crippen molar-refractivity contribution >= 4 is 45.9 Å². The Hall–Kier alpha value is -0.0400. The van der Waals surface area contributed by atoms with E-state index in [1.54, 1.807) is 12.6 Å². The van der Waals surface area contributed by atoms with Crippen LogP contribution in [0, 0.1) is 0 Å². The molecule has 0 atom stereocenters. The third-order valence-corrected chi connectivity index (χ3v) is 3.08. The lowest BCUT2D eigenvalue weighted by Crippen LogP contribution is -2.38. The van der Waals surface area contributed by atoms with Crippen LogP contribution in [-0.4, -0.2) is 26.1 Å². The second-order valence-corrected chi connectivity index (χ2v) is 5.35. The van der Waals surface area contributed by atoms with E-state index in [1.807, 2.05) is 0 Å². The summed E-state index contributed by atoms with van der Waals surface area (Å²) in [5, 5.41) is 6.49. The summed E-state index contributed by atoms with van der Waals surface area (Å²) in [6, 6.07) is 0. The molecule has 0 radical (unpaired) electrons. The van der Waals surface area contributed by atoms with E-state index in [0.29, 0.717) is 6.54 Å². The quantitative estimate of drug-likeness (QED) is 0.304. The Morgan fingerprint density at radius 2 is 2.22 bits per heavy atom. The van der Waals surface area contributed by atoms with Crippen molar-refractivity contribution in [2.45, 2.75) is 32.1 Å². The SMILES string of the molecule is C=C(Br)CNC(=NC)NCCC1=CCCCC1.I. The minimum atomic E-state index is 0. The van der Waals surface area contributed by atoms with Crippen LogP contribution in [0.3, 0.4) is 0 Å². The summed E-state index contributed by atoms with van der Waals surface area (Å²) in [7, 11) is 1.78. The summed E-state index contributed by atoms with van der Waals surface area (Å²) in [6.45, 7) is 5.42. The van der Waals surface area contributed by atoms with Gasteiger partial charge in [0.05, 0.1) is 0 Å². The van der Waals surface area contributed by atoms with Crippen LogP contribution in [0.2, 0.25) is 0 Å². The average molecular weight is 428 g/mol. The fourth-order valence-corrected chi connectivity index (χ4v) is 2.01. The van der Waals surface area contributed by atoms with Crippen LogP contribution in [0.4, 0.5) is 0 Å².